The van der Waals surface area contributed by atoms with Crippen molar-refractivity contribution in [3.05, 3.63) is 35.9 Å². The molecule has 122 valence electrons. The summed E-state index contributed by atoms with van der Waals surface area (Å²) in [5.41, 5.74) is 0.550. The molecule has 1 aromatic carbocycles. The molecule has 0 aromatic heterocycles. The van der Waals surface area contributed by atoms with Crippen molar-refractivity contribution in [1.29, 1.82) is 0 Å². The third-order valence-corrected chi connectivity index (χ3v) is 3.62. The van der Waals surface area contributed by atoms with E-state index in [0.29, 0.717) is 12.2 Å². The molecule has 2 N–H and O–H groups in total. The third-order valence-electron chi connectivity index (χ3n) is 3.62. The largest absolute Gasteiger partial charge is 0.383 e. The molecule has 3 atom stereocenters. The van der Waals surface area contributed by atoms with E-state index in [1.807, 2.05) is 26.8 Å². The quantitative estimate of drug-likeness (QED) is 0.772. The summed E-state index contributed by atoms with van der Waals surface area (Å²) in [7, 11) is 1.59. The summed E-state index contributed by atoms with van der Waals surface area (Å²) in [6.45, 7) is 6.26. The number of benzene rings is 1. The van der Waals surface area contributed by atoms with Gasteiger partial charge in [0, 0.05) is 18.7 Å². The molecule has 22 heavy (non-hydrogen) atoms. The van der Waals surface area contributed by atoms with Crippen LogP contribution in [0.3, 0.4) is 0 Å². The van der Waals surface area contributed by atoms with Crippen LogP contribution in [-0.4, -0.2) is 37.6 Å². The zero-order chi connectivity index (χ0) is 16.5. The maximum atomic E-state index is 12.4. The van der Waals surface area contributed by atoms with Crippen LogP contribution in [0.15, 0.2) is 30.3 Å². The Bertz CT molecular complexity index is 476. The topological polar surface area (TPSA) is 67.4 Å². The number of rotatable bonds is 8. The molecule has 0 heterocycles. The molecule has 0 radical (unpaired) electrons. The van der Waals surface area contributed by atoms with Crippen LogP contribution in [0.4, 0.5) is 0 Å². The molecule has 0 bridgehead atoms. The van der Waals surface area contributed by atoms with Gasteiger partial charge in [0.05, 0.1) is 6.61 Å². The molecule has 1 rings (SSSR count). The Kier molecular flexibility index (Phi) is 7.60. The molecule has 5 heteroatoms. The summed E-state index contributed by atoms with van der Waals surface area (Å²) in [4.78, 5) is 24.7. The van der Waals surface area contributed by atoms with Crippen molar-refractivity contribution in [3.63, 3.8) is 0 Å². The molecule has 0 saturated carbocycles. The lowest BCUT2D eigenvalue weighted by Gasteiger charge is -2.25. The van der Waals surface area contributed by atoms with E-state index in [2.05, 4.69) is 10.6 Å². The summed E-state index contributed by atoms with van der Waals surface area (Å²) < 4.78 is 5.02. The van der Waals surface area contributed by atoms with Crippen LogP contribution in [0.25, 0.3) is 0 Å². The van der Waals surface area contributed by atoms with E-state index in [1.165, 1.54) is 0 Å². The van der Waals surface area contributed by atoms with Crippen molar-refractivity contribution in [3.8, 4) is 0 Å². The molecule has 3 unspecified atom stereocenters. The highest BCUT2D eigenvalue weighted by Crippen LogP contribution is 2.10. The molecule has 2 amide bonds. The first-order chi connectivity index (χ1) is 10.5. The standard InChI is InChI=1S/C17H26N2O3/c1-5-12(2)15(17(21)18-13(3)11-22-4)19-16(20)14-9-7-6-8-10-14/h6-10,12-13,15H,5,11H2,1-4H3,(H,18,21)(H,19,20). The highest BCUT2D eigenvalue weighted by Gasteiger charge is 2.27. The van der Waals surface area contributed by atoms with Crippen molar-refractivity contribution in [2.75, 3.05) is 13.7 Å². The van der Waals surface area contributed by atoms with Crippen molar-refractivity contribution < 1.29 is 14.3 Å². The molecule has 0 fully saturated rings. The first-order valence-electron chi connectivity index (χ1n) is 7.64. The first-order valence-corrected chi connectivity index (χ1v) is 7.64. The van der Waals surface area contributed by atoms with Crippen LogP contribution in [0, 0.1) is 5.92 Å². The van der Waals surface area contributed by atoms with Crippen molar-refractivity contribution in [2.24, 2.45) is 5.92 Å². The van der Waals surface area contributed by atoms with Gasteiger partial charge in [0.1, 0.15) is 6.04 Å². The summed E-state index contributed by atoms with van der Waals surface area (Å²) in [5, 5.41) is 5.71. The number of nitrogens with one attached hydrogen (secondary N) is 2. The summed E-state index contributed by atoms with van der Waals surface area (Å²) in [6, 6.07) is 8.25. The Balaban J connectivity index is 2.76. The van der Waals surface area contributed by atoms with Crippen molar-refractivity contribution >= 4 is 11.8 Å². The van der Waals surface area contributed by atoms with E-state index < -0.39 is 6.04 Å². The maximum Gasteiger partial charge on any atom is 0.251 e. The van der Waals surface area contributed by atoms with Gasteiger partial charge in [-0.25, -0.2) is 0 Å². The van der Waals surface area contributed by atoms with E-state index in [0.717, 1.165) is 6.42 Å². The smallest absolute Gasteiger partial charge is 0.251 e. The number of amides is 2. The molecular formula is C17H26N2O3. The first kappa shape index (κ1) is 18.2. The second-order valence-electron chi connectivity index (χ2n) is 5.57. The zero-order valence-corrected chi connectivity index (χ0v) is 13.8. The average Bonchev–Trinajstić information content (AvgIpc) is 2.52. The highest BCUT2D eigenvalue weighted by molar-refractivity contribution is 5.97. The van der Waals surface area contributed by atoms with Crippen LogP contribution in [-0.2, 0) is 9.53 Å². The summed E-state index contributed by atoms with van der Waals surface area (Å²) in [6.07, 6.45) is 0.797. The minimum absolute atomic E-state index is 0.0439. The third kappa shape index (κ3) is 5.48. The van der Waals surface area contributed by atoms with Gasteiger partial charge < -0.3 is 15.4 Å². The lowest BCUT2D eigenvalue weighted by molar-refractivity contribution is -0.125. The predicted octanol–water partition coefficient (Wildman–Crippen LogP) is 1.98. The van der Waals surface area contributed by atoms with Gasteiger partial charge in [-0.05, 0) is 25.0 Å². The average molecular weight is 306 g/mol. The predicted molar refractivity (Wildman–Crippen MR) is 86.6 cm³/mol. The Labute approximate surface area is 132 Å². The summed E-state index contributed by atoms with van der Waals surface area (Å²) >= 11 is 0. The van der Waals surface area contributed by atoms with Gasteiger partial charge in [0.15, 0.2) is 0 Å². The molecule has 0 aliphatic carbocycles. The second-order valence-corrected chi connectivity index (χ2v) is 5.57. The number of carbonyl (C=O) groups excluding carboxylic acids is 2. The second kappa shape index (κ2) is 9.20. The lowest BCUT2D eigenvalue weighted by Crippen LogP contribution is -2.52. The zero-order valence-electron chi connectivity index (χ0n) is 13.8. The fourth-order valence-corrected chi connectivity index (χ4v) is 2.14. The van der Waals surface area contributed by atoms with Gasteiger partial charge >= 0.3 is 0 Å². The van der Waals surface area contributed by atoms with Gasteiger partial charge in [-0.2, -0.15) is 0 Å². The molecule has 0 aliphatic heterocycles. The Morgan fingerprint density at radius 1 is 1.14 bits per heavy atom. The Hall–Kier alpha value is -1.88. The van der Waals surface area contributed by atoms with Crippen LogP contribution in [0.2, 0.25) is 0 Å². The van der Waals surface area contributed by atoms with Gasteiger partial charge in [-0.1, -0.05) is 38.5 Å². The van der Waals surface area contributed by atoms with Crippen molar-refractivity contribution in [2.45, 2.75) is 39.3 Å². The number of carbonyl (C=O) groups is 2. The van der Waals surface area contributed by atoms with Crippen molar-refractivity contribution in [1.82, 2.24) is 10.6 Å². The number of ether oxygens (including phenoxy) is 1. The lowest BCUT2D eigenvalue weighted by atomic mass is 9.97. The monoisotopic (exact) mass is 306 g/mol. The molecule has 1 aromatic rings. The van der Waals surface area contributed by atoms with E-state index >= 15 is 0 Å². The van der Waals surface area contributed by atoms with Gasteiger partial charge in [-0.15, -0.1) is 0 Å². The van der Waals surface area contributed by atoms with Crippen LogP contribution in [0.1, 0.15) is 37.6 Å². The van der Waals surface area contributed by atoms with Gasteiger partial charge in [-0.3, -0.25) is 9.59 Å². The maximum absolute atomic E-state index is 12.4. The minimum Gasteiger partial charge on any atom is -0.383 e. The normalized spacial score (nSPS) is 14.7. The summed E-state index contributed by atoms with van der Waals surface area (Å²) in [5.74, 6) is -0.369. The van der Waals surface area contributed by atoms with E-state index in [1.54, 1.807) is 31.4 Å². The van der Waals surface area contributed by atoms with Gasteiger partial charge in [0.25, 0.3) is 5.91 Å². The fourth-order valence-electron chi connectivity index (χ4n) is 2.14. The fraction of sp³-hybridized carbons (Fsp3) is 0.529. The number of hydrogen-bond donors (Lipinski definition) is 2. The number of methoxy groups -OCH3 is 1. The van der Waals surface area contributed by atoms with E-state index in [-0.39, 0.29) is 23.8 Å². The van der Waals surface area contributed by atoms with E-state index in [4.69, 9.17) is 4.74 Å². The van der Waals surface area contributed by atoms with E-state index in [9.17, 15) is 9.59 Å². The SMILES string of the molecule is CCC(C)C(NC(=O)c1ccccc1)C(=O)NC(C)COC. The molecule has 0 saturated heterocycles. The van der Waals surface area contributed by atoms with Crippen LogP contribution >= 0.6 is 0 Å². The highest BCUT2D eigenvalue weighted by atomic mass is 16.5. The molecule has 0 spiro atoms. The molecule has 0 aliphatic rings. The number of hydrogen-bond acceptors (Lipinski definition) is 3. The molecule has 5 nitrogen and oxygen atoms in total. The Morgan fingerprint density at radius 2 is 1.77 bits per heavy atom. The van der Waals surface area contributed by atoms with Crippen LogP contribution < -0.4 is 10.6 Å². The van der Waals surface area contributed by atoms with Crippen LogP contribution in [0.5, 0.6) is 0 Å². The molecular weight excluding hydrogens is 280 g/mol. The Morgan fingerprint density at radius 3 is 2.32 bits per heavy atom. The van der Waals surface area contributed by atoms with Gasteiger partial charge in [0.2, 0.25) is 5.91 Å². The minimum atomic E-state index is -0.558.